The molecule has 3 heterocycles. The molecule has 8 nitrogen and oxygen atoms in total. The van der Waals surface area contributed by atoms with Gasteiger partial charge in [0.1, 0.15) is 28.2 Å². The number of amides is 1. The number of hydrogen-bond acceptors (Lipinski definition) is 8. The van der Waals surface area contributed by atoms with Gasteiger partial charge in [0.05, 0.1) is 28.4 Å². The fraction of sp³-hybridized carbons (Fsp3) is 0.357. The summed E-state index contributed by atoms with van der Waals surface area (Å²) in [5.74, 6) is -1.59. The maximum Gasteiger partial charge on any atom is 0.318 e. The summed E-state index contributed by atoms with van der Waals surface area (Å²) in [6.07, 6.45) is 1.01. The molecule has 2 aromatic carbocycles. The Morgan fingerprint density at radius 2 is 2.07 bits per heavy atom. The number of rotatable bonds is 5. The first-order chi connectivity index (χ1) is 19.5. The highest BCUT2D eigenvalue weighted by Crippen LogP contribution is 2.46. The Hall–Kier alpha value is -3.82. The standard InChI is InChI=1S/C28H24ClF3N6O2S/c1-12-18(6-9-38(12)26(39)28(32)7-8-28)37(2)25-14-10-16(29)20(21(31)22(14)35-27(36-25)40-3)13-4-5-17(30)23-19(13)15(11-33)24(34)41-23/h4-5,10,12,18H,6-9,34H2,1-3H3. The molecule has 6 rings (SSSR count). The fourth-order valence-corrected chi connectivity index (χ4v) is 6.98. The predicted octanol–water partition coefficient (Wildman–Crippen LogP) is 5.83. The van der Waals surface area contributed by atoms with Gasteiger partial charge < -0.3 is 20.3 Å². The number of likely N-dealkylation sites (N-methyl/N-ethyl adjacent to an activating group) is 1. The molecule has 2 aromatic heterocycles. The van der Waals surface area contributed by atoms with E-state index in [9.17, 15) is 18.8 Å². The highest BCUT2D eigenvalue weighted by Gasteiger charge is 2.55. The number of methoxy groups -OCH3 is 1. The van der Waals surface area contributed by atoms with Crippen molar-refractivity contribution in [3.63, 3.8) is 0 Å². The molecule has 4 aromatic rings. The van der Waals surface area contributed by atoms with Crippen molar-refractivity contribution < 1.29 is 22.7 Å². The number of nitriles is 1. The second kappa shape index (κ2) is 9.63. The molecule has 212 valence electrons. The molecule has 0 radical (unpaired) electrons. The Balaban J connectivity index is 1.50. The Morgan fingerprint density at radius 1 is 1.34 bits per heavy atom. The number of thiophene rings is 1. The van der Waals surface area contributed by atoms with Crippen LogP contribution in [0, 0.1) is 23.0 Å². The number of nitrogen functional groups attached to an aromatic ring is 1. The fourth-order valence-electron chi connectivity index (χ4n) is 5.74. The topological polar surface area (TPSA) is 108 Å². The number of carbonyl (C=O) groups is 1. The zero-order valence-electron chi connectivity index (χ0n) is 22.3. The Bertz CT molecular complexity index is 1800. The summed E-state index contributed by atoms with van der Waals surface area (Å²) in [4.78, 5) is 24.9. The molecule has 2 N–H and O–H groups in total. The van der Waals surface area contributed by atoms with Crippen LogP contribution in [0.5, 0.6) is 6.01 Å². The molecule has 2 unspecified atom stereocenters. The van der Waals surface area contributed by atoms with Gasteiger partial charge in [0, 0.05) is 36.0 Å². The van der Waals surface area contributed by atoms with Crippen LogP contribution in [0.1, 0.15) is 31.7 Å². The number of anilines is 2. The molecule has 2 fully saturated rings. The van der Waals surface area contributed by atoms with Crippen LogP contribution in [-0.4, -0.2) is 59.2 Å². The third-order valence-electron chi connectivity index (χ3n) is 8.10. The zero-order valence-corrected chi connectivity index (χ0v) is 23.8. The molecule has 2 atom stereocenters. The quantitative estimate of drug-likeness (QED) is 0.307. The number of nitrogens with zero attached hydrogens (tertiary/aromatic N) is 5. The molecular formula is C28H24ClF3N6O2S. The molecule has 1 aliphatic heterocycles. The number of likely N-dealkylation sites (tertiary alicyclic amines) is 1. The highest BCUT2D eigenvalue weighted by molar-refractivity contribution is 7.23. The molecule has 1 amide bonds. The van der Waals surface area contributed by atoms with Crippen LogP contribution in [0.3, 0.4) is 0 Å². The van der Waals surface area contributed by atoms with E-state index in [-0.39, 0.29) is 78.6 Å². The molecule has 1 aliphatic carbocycles. The minimum absolute atomic E-state index is 0.00985. The van der Waals surface area contributed by atoms with Crippen LogP contribution >= 0.6 is 22.9 Å². The first kappa shape index (κ1) is 27.4. The van der Waals surface area contributed by atoms with E-state index in [1.807, 2.05) is 13.0 Å². The lowest BCUT2D eigenvalue weighted by atomic mass is 9.97. The molecular weight excluding hydrogens is 577 g/mol. The summed E-state index contributed by atoms with van der Waals surface area (Å²) in [6, 6.07) is 5.33. The number of aromatic nitrogens is 2. The van der Waals surface area contributed by atoms with Gasteiger partial charge in [0.15, 0.2) is 11.5 Å². The minimum Gasteiger partial charge on any atom is -0.467 e. The van der Waals surface area contributed by atoms with E-state index in [2.05, 4.69) is 9.97 Å². The maximum atomic E-state index is 16.5. The molecule has 13 heteroatoms. The van der Waals surface area contributed by atoms with Gasteiger partial charge in [-0.05, 0) is 43.9 Å². The third kappa shape index (κ3) is 4.13. The summed E-state index contributed by atoms with van der Waals surface area (Å²) < 4.78 is 51.1. The number of nitrogens with two attached hydrogens (primary N) is 1. The summed E-state index contributed by atoms with van der Waals surface area (Å²) in [7, 11) is 3.11. The predicted molar refractivity (Wildman–Crippen MR) is 152 cm³/mol. The summed E-state index contributed by atoms with van der Waals surface area (Å²) in [6.45, 7) is 2.23. The van der Waals surface area contributed by atoms with Crippen LogP contribution in [-0.2, 0) is 4.79 Å². The van der Waals surface area contributed by atoms with Gasteiger partial charge in [-0.2, -0.15) is 15.2 Å². The van der Waals surface area contributed by atoms with Gasteiger partial charge in [-0.25, -0.2) is 13.2 Å². The second-order valence-corrected chi connectivity index (χ2v) is 11.9. The van der Waals surface area contributed by atoms with Crippen molar-refractivity contribution in [1.29, 1.82) is 5.26 Å². The normalized spacial score (nSPS) is 19.5. The van der Waals surface area contributed by atoms with Crippen LogP contribution in [0.25, 0.3) is 32.1 Å². The van der Waals surface area contributed by atoms with Crippen molar-refractivity contribution in [3.05, 3.63) is 40.4 Å². The van der Waals surface area contributed by atoms with Crippen molar-refractivity contribution in [2.45, 2.75) is 43.9 Å². The van der Waals surface area contributed by atoms with Gasteiger partial charge in [0.2, 0.25) is 0 Å². The second-order valence-electron chi connectivity index (χ2n) is 10.4. The molecule has 2 aliphatic rings. The molecule has 0 spiro atoms. The van der Waals surface area contributed by atoms with Crippen LogP contribution < -0.4 is 15.4 Å². The number of ether oxygens (including phenoxy) is 1. The van der Waals surface area contributed by atoms with E-state index in [1.54, 1.807) is 16.8 Å². The number of carbonyl (C=O) groups excluding carboxylic acids is 1. The van der Waals surface area contributed by atoms with Gasteiger partial charge in [0.25, 0.3) is 5.91 Å². The van der Waals surface area contributed by atoms with Crippen LogP contribution in [0.4, 0.5) is 24.0 Å². The summed E-state index contributed by atoms with van der Waals surface area (Å²) in [5.41, 5.74) is 4.26. The van der Waals surface area contributed by atoms with Crippen molar-refractivity contribution >= 4 is 60.7 Å². The van der Waals surface area contributed by atoms with E-state index < -0.39 is 23.2 Å². The van der Waals surface area contributed by atoms with E-state index in [0.717, 1.165) is 11.3 Å². The number of alkyl halides is 1. The number of benzene rings is 2. The van der Waals surface area contributed by atoms with Gasteiger partial charge in [-0.15, -0.1) is 11.3 Å². The average Bonchev–Trinajstić information content (AvgIpc) is 3.44. The Labute approximate surface area is 242 Å². The monoisotopic (exact) mass is 600 g/mol. The van der Waals surface area contributed by atoms with Crippen LogP contribution in [0.2, 0.25) is 5.02 Å². The van der Waals surface area contributed by atoms with Gasteiger partial charge >= 0.3 is 6.01 Å². The van der Waals surface area contributed by atoms with Crippen molar-refractivity contribution in [1.82, 2.24) is 14.9 Å². The van der Waals surface area contributed by atoms with Gasteiger partial charge in [-0.3, -0.25) is 4.79 Å². The lowest BCUT2D eigenvalue weighted by molar-refractivity contribution is -0.138. The number of fused-ring (bicyclic) bond motifs is 2. The lowest BCUT2D eigenvalue weighted by Gasteiger charge is -2.32. The SMILES string of the molecule is COc1nc(N(C)C2CCN(C(=O)C3(F)CC3)C2C)c2cc(Cl)c(-c3ccc(F)c4sc(N)c(C#N)c34)c(F)c2n1. The summed E-state index contributed by atoms with van der Waals surface area (Å²) in [5, 5.41) is 10.3. The smallest absolute Gasteiger partial charge is 0.318 e. The largest absolute Gasteiger partial charge is 0.467 e. The first-order valence-electron chi connectivity index (χ1n) is 12.9. The lowest BCUT2D eigenvalue weighted by Crippen LogP contribution is -2.47. The molecule has 1 saturated heterocycles. The summed E-state index contributed by atoms with van der Waals surface area (Å²) >= 11 is 7.60. The van der Waals surface area contributed by atoms with E-state index >= 15 is 4.39 Å². The third-order valence-corrected chi connectivity index (χ3v) is 9.43. The number of halogens is 4. The molecule has 0 bridgehead atoms. The highest BCUT2D eigenvalue weighted by atomic mass is 35.5. The Kier molecular flexibility index (Phi) is 6.43. The van der Waals surface area contributed by atoms with Crippen molar-refractivity contribution in [2.75, 3.05) is 31.3 Å². The minimum atomic E-state index is -1.77. The van der Waals surface area contributed by atoms with Gasteiger partial charge in [-0.1, -0.05) is 17.7 Å². The van der Waals surface area contributed by atoms with E-state index in [0.29, 0.717) is 18.8 Å². The van der Waals surface area contributed by atoms with Crippen molar-refractivity contribution in [2.24, 2.45) is 0 Å². The zero-order chi connectivity index (χ0) is 29.4. The van der Waals surface area contributed by atoms with E-state index in [4.69, 9.17) is 22.1 Å². The maximum absolute atomic E-state index is 16.5. The molecule has 1 saturated carbocycles. The van der Waals surface area contributed by atoms with E-state index in [1.165, 1.54) is 25.3 Å². The first-order valence-corrected chi connectivity index (χ1v) is 14.1. The Morgan fingerprint density at radius 3 is 2.73 bits per heavy atom. The molecule has 41 heavy (non-hydrogen) atoms. The average molecular weight is 601 g/mol. The van der Waals surface area contributed by atoms with Crippen molar-refractivity contribution in [3.8, 4) is 23.2 Å². The number of hydrogen-bond donors (Lipinski definition) is 1. The van der Waals surface area contributed by atoms with Crippen LogP contribution in [0.15, 0.2) is 18.2 Å².